The maximum Gasteiger partial charge on any atom is 0.695 e. The highest BCUT2D eigenvalue weighted by atomic mass is 31.2. The number of fused-ring (bicyclic) bond motifs is 1. The number of nitrogens with zero attached hydrogens (tertiary/aromatic N) is 4. The van der Waals surface area contributed by atoms with Crippen LogP contribution >= 0.6 is 16.1 Å². The van der Waals surface area contributed by atoms with Crippen LogP contribution in [0.25, 0.3) is 5.65 Å². The molecule has 2 aromatic heterocycles. The highest BCUT2D eigenvalue weighted by Gasteiger charge is 2.44. The van der Waals surface area contributed by atoms with Crippen molar-refractivity contribution in [2.75, 3.05) is 12.3 Å². The maximum absolute atomic E-state index is 11.0. The van der Waals surface area contributed by atoms with E-state index >= 15 is 0 Å². The summed E-state index contributed by atoms with van der Waals surface area (Å²) in [4.78, 5) is 34.5. The number of phosphoric acid groups is 1. The molecule has 0 radical (unpaired) electrons. The zero-order valence-electron chi connectivity index (χ0n) is 12.4. The van der Waals surface area contributed by atoms with Crippen LogP contribution in [0.4, 0.5) is 5.95 Å². The Bertz CT molecular complexity index is 840. The molecule has 136 valence electrons. The van der Waals surface area contributed by atoms with Crippen LogP contribution in [0.1, 0.15) is 18.1 Å². The van der Waals surface area contributed by atoms with Crippen LogP contribution in [0.5, 0.6) is 0 Å². The van der Waals surface area contributed by atoms with Crippen LogP contribution in [-0.4, -0.2) is 53.1 Å². The van der Waals surface area contributed by atoms with Crippen LogP contribution in [0.2, 0.25) is 0 Å². The third-order valence-electron chi connectivity index (χ3n) is 3.54. The van der Waals surface area contributed by atoms with Gasteiger partial charge in [-0.05, 0) is 0 Å². The van der Waals surface area contributed by atoms with Gasteiger partial charge in [-0.1, -0.05) is 0 Å². The van der Waals surface area contributed by atoms with E-state index in [9.17, 15) is 9.13 Å². The third kappa shape index (κ3) is 4.17. The van der Waals surface area contributed by atoms with Gasteiger partial charge in [0.1, 0.15) is 18.5 Å². The molecule has 1 unspecified atom stereocenters. The number of hydrogen-bond donors (Lipinski definition) is 4. The SMILES string of the molecule is Nc1ncnc2c([C@H]3C[C@H](O[P+](=O)O)[C@@H](COP(=O)(O)O)O3)cnn12. The van der Waals surface area contributed by atoms with Crippen molar-refractivity contribution in [1.82, 2.24) is 19.6 Å². The molecule has 0 aliphatic carbocycles. The van der Waals surface area contributed by atoms with E-state index in [1.807, 2.05) is 0 Å². The number of anilines is 1. The second-order valence-electron chi connectivity index (χ2n) is 5.13. The lowest BCUT2D eigenvalue weighted by Gasteiger charge is -2.15. The van der Waals surface area contributed by atoms with Crippen molar-refractivity contribution in [2.45, 2.75) is 24.7 Å². The molecule has 0 spiro atoms. The van der Waals surface area contributed by atoms with Gasteiger partial charge in [-0.3, -0.25) is 4.52 Å². The molecule has 15 heteroatoms. The highest BCUT2D eigenvalue weighted by molar-refractivity contribution is 7.46. The third-order valence-corrected chi connectivity index (χ3v) is 4.47. The smallest absolute Gasteiger partial charge is 0.368 e. The summed E-state index contributed by atoms with van der Waals surface area (Å²) in [5, 5.41) is 4.04. The Morgan fingerprint density at radius 2 is 2.24 bits per heavy atom. The van der Waals surface area contributed by atoms with Crippen LogP contribution < -0.4 is 5.73 Å². The number of ether oxygens (including phenoxy) is 1. The van der Waals surface area contributed by atoms with Crippen LogP contribution in [-0.2, 0) is 22.9 Å². The highest BCUT2D eigenvalue weighted by Crippen LogP contribution is 2.42. The molecule has 0 bridgehead atoms. The van der Waals surface area contributed by atoms with Crippen LogP contribution in [0.15, 0.2) is 12.5 Å². The van der Waals surface area contributed by atoms with Crippen molar-refractivity contribution < 1.29 is 37.6 Å². The number of rotatable bonds is 6. The molecule has 4 atom stereocenters. The molecule has 25 heavy (non-hydrogen) atoms. The van der Waals surface area contributed by atoms with Crippen molar-refractivity contribution in [2.24, 2.45) is 0 Å². The Kier molecular flexibility index (Phi) is 5.09. The largest absolute Gasteiger partial charge is 0.695 e. The van der Waals surface area contributed by atoms with Crippen molar-refractivity contribution in [3.8, 4) is 0 Å². The van der Waals surface area contributed by atoms with Crippen LogP contribution in [0.3, 0.4) is 0 Å². The molecule has 0 aromatic carbocycles. The Morgan fingerprint density at radius 1 is 1.48 bits per heavy atom. The lowest BCUT2D eigenvalue weighted by atomic mass is 10.1. The summed E-state index contributed by atoms with van der Waals surface area (Å²) in [7, 11) is -7.67. The van der Waals surface area contributed by atoms with Crippen molar-refractivity contribution in [1.29, 1.82) is 0 Å². The Balaban J connectivity index is 1.83. The summed E-state index contributed by atoms with van der Waals surface area (Å²) in [5.41, 5.74) is 6.59. The number of nitrogen functional groups attached to an aromatic ring is 1. The molecular weight excluding hydrogens is 380 g/mol. The van der Waals surface area contributed by atoms with E-state index in [1.54, 1.807) is 0 Å². The van der Waals surface area contributed by atoms with E-state index in [0.29, 0.717) is 11.2 Å². The van der Waals surface area contributed by atoms with Gasteiger partial charge >= 0.3 is 16.1 Å². The molecule has 3 rings (SSSR count). The first-order chi connectivity index (χ1) is 11.7. The first kappa shape index (κ1) is 18.2. The van der Waals surface area contributed by atoms with Gasteiger partial charge in [-0.15, -0.1) is 9.42 Å². The fourth-order valence-electron chi connectivity index (χ4n) is 2.54. The standard InChI is InChI=1S/C10H13N5O8P2/c11-10-13-4-12-9-5(2-14-15(9)10)6-1-7(23-24(16)17)8(22-6)3-21-25(18,19)20/h2,4,6-8H,1,3H2,(H4-,11,12,13,16,17,18,19,20)/p+1/t6-,7+,8-/m1/s1. The molecule has 1 saturated heterocycles. The average Bonchev–Trinajstić information content (AvgIpc) is 3.08. The molecule has 0 saturated carbocycles. The first-order valence-electron chi connectivity index (χ1n) is 6.87. The van der Waals surface area contributed by atoms with E-state index in [2.05, 4.69) is 19.6 Å². The summed E-state index contributed by atoms with van der Waals surface area (Å²) in [5.74, 6) is 0.113. The molecule has 13 nitrogen and oxygen atoms in total. The second-order valence-corrected chi connectivity index (χ2v) is 7.06. The fourth-order valence-corrected chi connectivity index (χ4v) is 3.33. The number of nitrogens with two attached hydrogens (primary N) is 1. The van der Waals surface area contributed by atoms with Gasteiger partial charge in [0, 0.05) is 16.5 Å². The van der Waals surface area contributed by atoms with Crippen molar-refractivity contribution >= 4 is 27.7 Å². The minimum absolute atomic E-state index is 0.113. The monoisotopic (exact) mass is 394 g/mol. The average molecular weight is 394 g/mol. The normalized spacial score (nSPS) is 24.8. The molecule has 2 aromatic rings. The lowest BCUT2D eigenvalue weighted by molar-refractivity contribution is -0.0166. The summed E-state index contributed by atoms with van der Waals surface area (Å²) in [6, 6.07) is 0. The van der Waals surface area contributed by atoms with Crippen molar-refractivity contribution in [3.05, 3.63) is 18.1 Å². The molecule has 1 fully saturated rings. The predicted molar refractivity (Wildman–Crippen MR) is 80.1 cm³/mol. The minimum atomic E-state index is -4.73. The van der Waals surface area contributed by atoms with Gasteiger partial charge < -0.3 is 20.3 Å². The molecular formula is C10H14N5O8P2+. The molecule has 0 amide bonds. The molecule has 3 heterocycles. The Morgan fingerprint density at radius 3 is 2.92 bits per heavy atom. The zero-order chi connectivity index (χ0) is 18.2. The Labute approximate surface area is 140 Å². The quantitative estimate of drug-likeness (QED) is 0.468. The second kappa shape index (κ2) is 6.98. The summed E-state index contributed by atoms with van der Waals surface area (Å²) < 4.78 is 38.1. The summed E-state index contributed by atoms with van der Waals surface area (Å²) in [6.07, 6.45) is 0.280. The zero-order valence-corrected chi connectivity index (χ0v) is 14.2. The van der Waals surface area contributed by atoms with Gasteiger partial charge in [0.05, 0.1) is 18.9 Å². The predicted octanol–water partition coefficient (Wildman–Crippen LogP) is -0.319. The van der Waals surface area contributed by atoms with Crippen LogP contribution in [0, 0.1) is 0 Å². The number of hydrogen-bond acceptors (Lipinski definition) is 9. The van der Waals surface area contributed by atoms with Crippen molar-refractivity contribution in [3.63, 3.8) is 0 Å². The van der Waals surface area contributed by atoms with Gasteiger partial charge in [-0.2, -0.15) is 9.61 Å². The minimum Gasteiger partial charge on any atom is -0.368 e. The van der Waals surface area contributed by atoms with E-state index in [0.717, 1.165) is 0 Å². The van der Waals surface area contributed by atoms with Gasteiger partial charge in [0.25, 0.3) is 0 Å². The summed E-state index contributed by atoms with van der Waals surface area (Å²) in [6.45, 7) is -0.523. The number of aromatic nitrogens is 4. The fraction of sp³-hybridized carbons (Fsp3) is 0.500. The van der Waals surface area contributed by atoms with Gasteiger partial charge in [0.2, 0.25) is 5.95 Å². The van der Waals surface area contributed by atoms with E-state index in [4.69, 9.17) is 29.7 Å². The lowest BCUT2D eigenvalue weighted by Crippen LogP contribution is -2.27. The molecule has 1 aliphatic rings. The Hall–Kier alpha value is -1.56. The van der Waals surface area contributed by atoms with E-state index in [-0.39, 0.29) is 12.4 Å². The van der Waals surface area contributed by atoms with E-state index < -0.39 is 41.0 Å². The summed E-state index contributed by atoms with van der Waals surface area (Å²) >= 11 is 0. The maximum atomic E-state index is 11.0. The van der Waals surface area contributed by atoms with Gasteiger partial charge in [0.15, 0.2) is 5.65 Å². The van der Waals surface area contributed by atoms with Gasteiger partial charge in [-0.25, -0.2) is 14.5 Å². The first-order valence-corrected chi connectivity index (χ1v) is 9.53. The number of phosphoric ester groups is 1. The topological polar surface area (TPSA) is 192 Å². The van der Waals surface area contributed by atoms with E-state index in [1.165, 1.54) is 17.0 Å². The molecule has 5 N–H and O–H groups in total. The molecule has 1 aliphatic heterocycles.